The first kappa shape index (κ1) is 16.1. The zero-order chi connectivity index (χ0) is 15.5. The van der Waals surface area contributed by atoms with Crippen LogP contribution in [-0.4, -0.2) is 44.2 Å². The van der Waals surface area contributed by atoms with E-state index in [4.69, 9.17) is 16.7 Å². The van der Waals surface area contributed by atoms with Crippen molar-refractivity contribution in [3.8, 4) is 0 Å². The topological polar surface area (TPSA) is 86.7 Å². The van der Waals surface area contributed by atoms with E-state index in [1.807, 2.05) is 0 Å². The van der Waals surface area contributed by atoms with E-state index in [1.54, 1.807) is 12.1 Å². The molecule has 2 rings (SSSR count). The predicted molar refractivity (Wildman–Crippen MR) is 79.0 cm³/mol. The summed E-state index contributed by atoms with van der Waals surface area (Å²) >= 11 is 5.89. The van der Waals surface area contributed by atoms with Gasteiger partial charge in [-0.25, -0.2) is 17.9 Å². The molecule has 0 spiro atoms. The molecule has 0 aliphatic carbocycles. The van der Waals surface area contributed by atoms with Crippen LogP contribution in [0, 0.1) is 5.92 Å². The van der Waals surface area contributed by atoms with Gasteiger partial charge in [0.1, 0.15) is 4.90 Å². The summed E-state index contributed by atoms with van der Waals surface area (Å²) in [6, 6.07) is 6.27. The maximum absolute atomic E-state index is 12.2. The normalized spacial score (nSPS) is 16.9. The third-order valence-electron chi connectivity index (χ3n) is 3.57. The molecule has 1 saturated heterocycles. The maximum atomic E-state index is 12.2. The molecule has 1 amide bonds. The van der Waals surface area contributed by atoms with Gasteiger partial charge in [-0.2, -0.15) is 0 Å². The molecule has 2 N–H and O–H groups in total. The Morgan fingerprint density at radius 2 is 1.95 bits per heavy atom. The van der Waals surface area contributed by atoms with Crippen LogP contribution in [-0.2, 0) is 10.0 Å². The van der Waals surface area contributed by atoms with Crippen molar-refractivity contribution in [1.29, 1.82) is 0 Å². The highest BCUT2D eigenvalue weighted by Gasteiger charge is 2.24. The Bertz CT molecular complexity index is 612. The lowest BCUT2D eigenvalue weighted by Gasteiger charge is -2.29. The molecule has 1 heterocycles. The highest BCUT2D eigenvalue weighted by molar-refractivity contribution is 7.89. The van der Waals surface area contributed by atoms with Crippen molar-refractivity contribution in [1.82, 2.24) is 9.62 Å². The molecule has 116 valence electrons. The summed E-state index contributed by atoms with van der Waals surface area (Å²) in [5.41, 5.74) is 0. The molecule has 1 aromatic carbocycles. The monoisotopic (exact) mass is 332 g/mol. The van der Waals surface area contributed by atoms with E-state index in [0.29, 0.717) is 32.5 Å². The van der Waals surface area contributed by atoms with Crippen LogP contribution in [0.25, 0.3) is 0 Å². The van der Waals surface area contributed by atoms with Gasteiger partial charge in [0.25, 0.3) is 0 Å². The van der Waals surface area contributed by atoms with Crippen LogP contribution < -0.4 is 4.72 Å². The number of halogens is 1. The number of hydrogen-bond donors (Lipinski definition) is 2. The number of nitrogens with zero attached hydrogens (tertiary/aromatic N) is 1. The standard InChI is InChI=1S/C13H17ClN2O4S/c14-11-3-1-2-4-12(11)21(19,20)15-9-10-5-7-16(8-6-10)13(17)18/h1-4,10,15H,5-9H2,(H,17,18). The molecule has 0 radical (unpaired) electrons. The van der Waals surface area contributed by atoms with Gasteiger partial charge in [-0.3, -0.25) is 0 Å². The van der Waals surface area contributed by atoms with Gasteiger partial charge in [0.15, 0.2) is 0 Å². The summed E-state index contributed by atoms with van der Waals surface area (Å²) in [5, 5.41) is 9.05. The van der Waals surface area contributed by atoms with Crippen molar-refractivity contribution in [2.75, 3.05) is 19.6 Å². The Morgan fingerprint density at radius 3 is 2.52 bits per heavy atom. The fourth-order valence-electron chi connectivity index (χ4n) is 2.30. The Hall–Kier alpha value is -1.31. The first-order valence-corrected chi connectivity index (χ1v) is 8.48. The molecule has 6 nitrogen and oxygen atoms in total. The second-order valence-electron chi connectivity index (χ2n) is 5.00. The molecule has 1 aliphatic rings. The fraction of sp³-hybridized carbons (Fsp3) is 0.462. The van der Waals surface area contributed by atoms with Crippen LogP contribution in [0.2, 0.25) is 5.02 Å². The van der Waals surface area contributed by atoms with E-state index < -0.39 is 16.1 Å². The van der Waals surface area contributed by atoms with E-state index >= 15 is 0 Å². The van der Waals surface area contributed by atoms with E-state index in [0.717, 1.165) is 0 Å². The summed E-state index contributed by atoms with van der Waals surface area (Å²) < 4.78 is 26.9. The van der Waals surface area contributed by atoms with E-state index in [-0.39, 0.29) is 15.8 Å². The number of benzene rings is 1. The summed E-state index contributed by atoms with van der Waals surface area (Å²) in [4.78, 5) is 12.2. The second-order valence-corrected chi connectivity index (χ2v) is 7.14. The van der Waals surface area contributed by atoms with Crippen molar-refractivity contribution in [2.45, 2.75) is 17.7 Å². The zero-order valence-electron chi connectivity index (χ0n) is 11.3. The lowest BCUT2D eigenvalue weighted by molar-refractivity contribution is 0.125. The van der Waals surface area contributed by atoms with Gasteiger partial charge in [0.2, 0.25) is 10.0 Å². The minimum absolute atomic E-state index is 0.0645. The predicted octanol–water partition coefficient (Wildman–Crippen LogP) is 2.01. The molecule has 0 saturated carbocycles. The van der Waals surface area contributed by atoms with Crippen LogP contribution in [0.1, 0.15) is 12.8 Å². The molecular formula is C13H17ClN2O4S. The third-order valence-corrected chi connectivity index (χ3v) is 5.50. The summed E-state index contributed by atoms with van der Waals surface area (Å²) in [7, 11) is -3.63. The highest BCUT2D eigenvalue weighted by atomic mass is 35.5. The van der Waals surface area contributed by atoms with Crippen molar-refractivity contribution >= 4 is 27.7 Å². The van der Waals surface area contributed by atoms with Crippen molar-refractivity contribution in [3.05, 3.63) is 29.3 Å². The molecule has 1 fully saturated rings. The SMILES string of the molecule is O=C(O)N1CCC(CNS(=O)(=O)c2ccccc2Cl)CC1. The average molecular weight is 333 g/mol. The van der Waals surface area contributed by atoms with Gasteiger partial charge in [-0.05, 0) is 30.9 Å². The number of sulfonamides is 1. The van der Waals surface area contributed by atoms with Crippen LogP contribution in [0.5, 0.6) is 0 Å². The molecule has 0 bridgehead atoms. The number of amides is 1. The summed E-state index contributed by atoms with van der Waals surface area (Å²) in [6.45, 7) is 1.17. The number of carbonyl (C=O) groups is 1. The van der Waals surface area contributed by atoms with Gasteiger partial charge >= 0.3 is 6.09 Å². The lowest BCUT2D eigenvalue weighted by atomic mass is 9.97. The quantitative estimate of drug-likeness (QED) is 0.883. The highest BCUT2D eigenvalue weighted by Crippen LogP contribution is 2.21. The smallest absolute Gasteiger partial charge is 0.407 e. The Balaban J connectivity index is 1.92. The number of likely N-dealkylation sites (tertiary alicyclic amines) is 1. The number of carboxylic acid groups (broad SMARTS) is 1. The van der Waals surface area contributed by atoms with Crippen LogP contribution >= 0.6 is 11.6 Å². The Morgan fingerprint density at radius 1 is 1.33 bits per heavy atom. The maximum Gasteiger partial charge on any atom is 0.407 e. The van der Waals surface area contributed by atoms with E-state index in [1.165, 1.54) is 17.0 Å². The molecule has 0 unspecified atom stereocenters. The molecule has 8 heteroatoms. The van der Waals surface area contributed by atoms with Gasteiger partial charge in [-0.1, -0.05) is 23.7 Å². The number of hydrogen-bond acceptors (Lipinski definition) is 3. The fourth-order valence-corrected chi connectivity index (χ4v) is 3.93. The number of rotatable bonds is 4. The number of piperidine rings is 1. The number of nitrogens with one attached hydrogen (secondary N) is 1. The molecule has 0 aromatic heterocycles. The van der Waals surface area contributed by atoms with Crippen molar-refractivity contribution < 1.29 is 18.3 Å². The Kier molecular flexibility index (Phi) is 5.08. The summed E-state index contributed by atoms with van der Waals surface area (Å²) in [6.07, 6.45) is 0.374. The van der Waals surface area contributed by atoms with Crippen molar-refractivity contribution in [2.24, 2.45) is 5.92 Å². The van der Waals surface area contributed by atoms with Gasteiger partial charge < -0.3 is 10.0 Å². The van der Waals surface area contributed by atoms with Gasteiger partial charge in [0, 0.05) is 19.6 Å². The molecule has 1 aliphatic heterocycles. The zero-order valence-corrected chi connectivity index (χ0v) is 12.9. The molecule has 0 atom stereocenters. The Labute approximate surface area is 128 Å². The third kappa shape index (κ3) is 4.09. The van der Waals surface area contributed by atoms with Gasteiger partial charge in [0.05, 0.1) is 5.02 Å². The molecular weight excluding hydrogens is 316 g/mol. The largest absolute Gasteiger partial charge is 0.465 e. The van der Waals surface area contributed by atoms with E-state index in [9.17, 15) is 13.2 Å². The van der Waals surface area contributed by atoms with Crippen molar-refractivity contribution in [3.63, 3.8) is 0 Å². The second kappa shape index (κ2) is 6.64. The van der Waals surface area contributed by atoms with Gasteiger partial charge in [-0.15, -0.1) is 0 Å². The first-order chi connectivity index (χ1) is 9.90. The minimum Gasteiger partial charge on any atom is -0.465 e. The average Bonchev–Trinajstić information content (AvgIpc) is 2.46. The minimum atomic E-state index is -3.63. The lowest BCUT2D eigenvalue weighted by Crippen LogP contribution is -2.40. The summed E-state index contributed by atoms with van der Waals surface area (Å²) in [5.74, 6) is 0.137. The van der Waals surface area contributed by atoms with E-state index in [2.05, 4.69) is 4.72 Å². The van der Waals surface area contributed by atoms with Crippen LogP contribution in [0.4, 0.5) is 4.79 Å². The first-order valence-electron chi connectivity index (χ1n) is 6.62. The molecule has 21 heavy (non-hydrogen) atoms. The van der Waals surface area contributed by atoms with Crippen LogP contribution in [0.3, 0.4) is 0 Å². The van der Waals surface area contributed by atoms with Crippen LogP contribution in [0.15, 0.2) is 29.2 Å². The molecule has 1 aromatic rings.